The van der Waals surface area contributed by atoms with Crippen molar-refractivity contribution in [3.63, 3.8) is 0 Å². The predicted octanol–water partition coefficient (Wildman–Crippen LogP) is 0.641. The van der Waals surface area contributed by atoms with Crippen molar-refractivity contribution in [2.45, 2.75) is 0 Å². The molecule has 0 unspecified atom stereocenters. The van der Waals surface area contributed by atoms with E-state index in [0.29, 0.717) is 24.4 Å². The molecule has 1 amide bonds. The monoisotopic (exact) mass is 440 g/mol. The van der Waals surface area contributed by atoms with Gasteiger partial charge in [0.15, 0.2) is 11.6 Å². The number of aromatic amines is 1. The number of carbonyl (C=O) groups excluding carboxylic acids is 1. The lowest BCUT2D eigenvalue weighted by atomic mass is 10.1. The number of hydrogen-bond donors (Lipinski definition) is 1. The summed E-state index contributed by atoms with van der Waals surface area (Å²) in [6.07, 6.45) is 2.43. The van der Waals surface area contributed by atoms with Gasteiger partial charge in [-0.3, -0.25) is 14.2 Å². The van der Waals surface area contributed by atoms with Gasteiger partial charge in [-0.05, 0) is 24.3 Å². The molecule has 1 aliphatic rings. The molecule has 0 atom stereocenters. The molecule has 0 aliphatic carbocycles. The molecule has 1 aliphatic heterocycles. The van der Waals surface area contributed by atoms with E-state index in [4.69, 9.17) is 4.74 Å². The molecule has 0 radical (unpaired) electrons. The second-order valence-electron chi connectivity index (χ2n) is 7.24. The van der Waals surface area contributed by atoms with E-state index >= 15 is 4.39 Å². The highest BCUT2D eigenvalue weighted by Gasteiger charge is 2.27. The van der Waals surface area contributed by atoms with Crippen LogP contribution in [-0.4, -0.2) is 63.6 Å². The number of methoxy groups -OCH3 is 1. The highest BCUT2D eigenvalue weighted by Crippen LogP contribution is 2.28. The minimum atomic E-state index is -0.660. The van der Waals surface area contributed by atoms with E-state index in [1.54, 1.807) is 36.3 Å². The summed E-state index contributed by atoms with van der Waals surface area (Å²) in [4.78, 5) is 50.3. The summed E-state index contributed by atoms with van der Waals surface area (Å²) in [5, 5.41) is 0. The molecular weight excluding hydrogens is 419 g/mol. The number of nitrogens with one attached hydrogen (secondary N) is 1. The van der Waals surface area contributed by atoms with E-state index < -0.39 is 23.0 Å². The van der Waals surface area contributed by atoms with Crippen molar-refractivity contribution in [1.29, 1.82) is 0 Å². The lowest BCUT2D eigenvalue weighted by Gasteiger charge is -2.35. The molecule has 1 aromatic carbocycles. The summed E-state index contributed by atoms with van der Waals surface area (Å²) in [6, 6.07) is 6.88. The van der Waals surface area contributed by atoms with Crippen LogP contribution in [0.25, 0.3) is 11.3 Å². The molecule has 1 saturated heterocycles. The molecular formula is C21H21FN6O4. The van der Waals surface area contributed by atoms with Gasteiger partial charge in [-0.25, -0.2) is 19.2 Å². The summed E-state index contributed by atoms with van der Waals surface area (Å²) < 4.78 is 21.2. The minimum Gasteiger partial charge on any atom is -0.497 e. The van der Waals surface area contributed by atoms with Crippen LogP contribution in [0.4, 0.5) is 10.2 Å². The Bertz CT molecular complexity index is 1260. The molecule has 3 heterocycles. The van der Waals surface area contributed by atoms with Crippen molar-refractivity contribution in [1.82, 2.24) is 24.4 Å². The normalized spacial score (nSPS) is 13.8. The topological polar surface area (TPSA) is 113 Å². The zero-order valence-electron chi connectivity index (χ0n) is 17.5. The standard InChI is InChI=1S/C21H21FN6O4/c1-26-19(29)15(11-23-21(26)31)20(30)28-9-7-27(8-10-28)18-16(22)17(24-12-25-18)13-3-5-14(32-2)6-4-13/h3-6,11-12H,7-10H2,1-2H3,(H,23,31). The predicted molar refractivity (Wildman–Crippen MR) is 114 cm³/mol. The Morgan fingerprint density at radius 3 is 2.44 bits per heavy atom. The van der Waals surface area contributed by atoms with Crippen LogP contribution in [0.1, 0.15) is 10.4 Å². The second kappa shape index (κ2) is 8.61. The Morgan fingerprint density at radius 2 is 1.78 bits per heavy atom. The van der Waals surface area contributed by atoms with Crippen LogP contribution in [0, 0.1) is 5.82 Å². The number of amides is 1. The maximum atomic E-state index is 15.2. The number of ether oxygens (including phenoxy) is 1. The molecule has 1 fully saturated rings. The number of piperazine rings is 1. The van der Waals surface area contributed by atoms with Crippen LogP contribution in [-0.2, 0) is 7.05 Å². The van der Waals surface area contributed by atoms with E-state index in [0.717, 1.165) is 10.8 Å². The van der Waals surface area contributed by atoms with Crippen molar-refractivity contribution >= 4 is 11.7 Å². The third-order valence-electron chi connectivity index (χ3n) is 5.41. The van der Waals surface area contributed by atoms with E-state index in [2.05, 4.69) is 15.0 Å². The first kappa shape index (κ1) is 21.2. The Morgan fingerprint density at radius 1 is 1.09 bits per heavy atom. The molecule has 166 valence electrons. The summed E-state index contributed by atoms with van der Waals surface area (Å²) in [5.41, 5.74) is -0.603. The highest BCUT2D eigenvalue weighted by atomic mass is 19.1. The van der Waals surface area contributed by atoms with Crippen molar-refractivity contribution in [3.8, 4) is 17.0 Å². The Balaban J connectivity index is 1.51. The van der Waals surface area contributed by atoms with Gasteiger partial charge in [-0.1, -0.05) is 0 Å². The van der Waals surface area contributed by atoms with E-state index in [1.165, 1.54) is 18.3 Å². The molecule has 10 nitrogen and oxygen atoms in total. The van der Waals surface area contributed by atoms with E-state index in [1.807, 2.05) is 0 Å². The first-order chi connectivity index (χ1) is 15.4. The molecule has 1 N–H and O–H groups in total. The number of benzene rings is 1. The van der Waals surface area contributed by atoms with Crippen LogP contribution < -0.4 is 20.9 Å². The van der Waals surface area contributed by atoms with Gasteiger partial charge in [0.2, 0.25) is 0 Å². The number of rotatable bonds is 4. The quantitative estimate of drug-likeness (QED) is 0.633. The van der Waals surface area contributed by atoms with E-state index in [-0.39, 0.29) is 30.2 Å². The lowest BCUT2D eigenvalue weighted by Crippen LogP contribution is -2.51. The van der Waals surface area contributed by atoms with Gasteiger partial charge in [0, 0.05) is 45.0 Å². The summed E-state index contributed by atoms with van der Waals surface area (Å²) in [6.45, 7) is 1.18. The van der Waals surface area contributed by atoms with Gasteiger partial charge >= 0.3 is 5.69 Å². The smallest absolute Gasteiger partial charge is 0.328 e. The zero-order valence-corrected chi connectivity index (χ0v) is 17.5. The Kier molecular flexibility index (Phi) is 5.71. The minimum absolute atomic E-state index is 0.115. The Labute approximate surface area is 181 Å². The van der Waals surface area contributed by atoms with Gasteiger partial charge in [0.25, 0.3) is 11.5 Å². The average Bonchev–Trinajstić information content (AvgIpc) is 2.83. The first-order valence-corrected chi connectivity index (χ1v) is 9.88. The fourth-order valence-electron chi connectivity index (χ4n) is 3.54. The van der Waals surface area contributed by atoms with Crippen LogP contribution in [0.15, 0.2) is 46.4 Å². The molecule has 11 heteroatoms. The largest absolute Gasteiger partial charge is 0.497 e. The SMILES string of the molecule is COc1ccc(-c2ncnc(N3CCN(C(=O)c4c[nH]c(=O)n(C)c4=O)CC3)c2F)cc1. The lowest BCUT2D eigenvalue weighted by molar-refractivity contribution is 0.0743. The summed E-state index contributed by atoms with van der Waals surface area (Å²) >= 11 is 0. The van der Waals surface area contributed by atoms with Crippen LogP contribution in [0.2, 0.25) is 0 Å². The van der Waals surface area contributed by atoms with Crippen molar-refractivity contribution in [2.24, 2.45) is 7.05 Å². The zero-order chi connectivity index (χ0) is 22.8. The number of nitrogens with zero attached hydrogens (tertiary/aromatic N) is 5. The van der Waals surface area contributed by atoms with Gasteiger partial charge in [-0.2, -0.15) is 0 Å². The summed E-state index contributed by atoms with van der Waals surface area (Å²) in [5.74, 6) is -0.227. The molecule has 4 rings (SSSR count). The number of anilines is 1. The number of hydrogen-bond acceptors (Lipinski definition) is 7. The van der Waals surface area contributed by atoms with Crippen molar-refractivity contribution in [2.75, 3.05) is 38.2 Å². The van der Waals surface area contributed by atoms with Gasteiger partial charge in [0.05, 0.1) is 7.11 Å². The summed E-state index contributed by atoms with van der Waals surface area (Å²) in [7, 11) is 2.85. The number of carbonyl (C=O) groups is 1. The molecule has 0 spiro atoms. The van der Waals surface area contributed by atoms with Crippen LogP contribution >= 0.6 is 0 Å². The Hall–Kier alpha value is -4.02. The average molecular weight is 440 g/mol. The van der Waals surface area contributed by atoms with Crippen molar-refractivity contribution in [3.05, 3.63) is 69.0 Å². The molecule has 0 saturated carbocycles. The van der Waals surface area contributed by atoms with Crippen molar-refractivity contribution < 1.29 is 13.9 Å². The fraction of sp³-hybridized carbons (Fsp3) is 0.286. The maximum Gasteiger partial charge on any atom is 0.328 e. The number of halogens is 1. The highest BCUT2D eigenvalue weighted by molar-refractivity contribution is 5.93. The van der Waals surface area contributed by atoms with Gasteiger partial charge in [-0.15, -0.1) is 0 Å². The van der Waals surface area contributed by atoms with Gasteiger partial charge in [0.1, 0.15) is 23.3 Å². The number of H-pyrrole nitrogens is 1. The third kappa shape index (κ3) is 3.84. The molecule has 2 aromatic heterocycles. The molecule has 0 bridgehead atoms. The molecule has 32 heavy (non-hydrogen) atoms. The van der Waals surface area contributed by atoms with Crippen LogP contribution in [0.3, 0.4) is 0 Å². The van der Waals surface area contributed by atoms with Crippen LogP contribution in [0.5, 0.6) is 5.75 Å². The first-order valence-electron chi connectivity index (χ1n) is 9.88. The second-order valence-corrected chi connectivity index (χ2v) is 7.24. The fourth-order valence-corrected chi connectivity index (χ4v) is 3.54. The maximum absolute atomic E-state index is 15.2. The number of aromatic nitrogens is 4. The van der Waals surface area contributed by atoms with E-state index in [9.17, 15) is 14.4 Å². The van der Waals surface area contributed by atoms with Gasteiger partial charge < -0.3 is 19.5 Å². The third-order valence-corrected chi connectivity index (χ3v) is 5.41. The molecule has 3 aromatic rings.